The molecule has 0 saturated carbocycles. The zero-order valence-corrected chi connectivity index (χ0v) is 9.89. The van der Waals surface area contributed by atoms with E-state index in [0.29, 0.717) is 17.1 Å². The number of ether oxygens (including phenoxy) is 3. The van der Waals surface area contributed by atoms with Crippen molar-refractivity contribution in [1.29, 1.82) is 0 Å². The highest BCUT2D eigenvalue weighted by Gasteiger charge is 2.29. The molecule has 18 heavy (non-hydrogen) atoms. The molecule has 0 saturated heterocycles. The van der Waals surface area contributed by atoms with Crippen molar-refractivity contribution in [2.75, 3.05) is 13.4 Å². The molecule has 0 aromatic heterocycles. The summed E-state index contributed by atoms with van der Waals surface area (Å²) in [7, 11) is 0. The predicted octanol–water partition coefficient (Wildman–Crippen LogP) is 1.32. The van der Waals surface area contributed by atoms with Crippen LogP contribution in [-0.2, 0) is 9.53 Å². The van der Waals surface area contributed by atoms with Crippen molar-refractivity contribution >= 4 is 5.97 Å². The van der Waals surface area contributed by atoms with Crippen molar-refractivity contribution < 1.29 is 23.4 Å². The number of carbonyl (C=O) groups is 1. The highest BCUT2D eigenvalue weighted by molar-refractivity contribution is 5.75. The number of alkyl halides is 1. The maximum atomic E-state index is 13.7. The summed E-state index contributed by atoms with van der Waals surface area (Å²) in [6.45, 7) is 1.86. The van der Waals surface area contributed by atoms with Crippen LogP contribution >= 0.6 is 0 Å². The van der Waals surface area contributed by atoms with Gasteiger partial charge >= 0.3 is 5.97 Å². The Hall–Kier alpha value is -1.82. The van der Waals surface area contributed by atoms with Crippen molar-refractivity contribution in [2.24, 2.45) is 5.73 Å². The molecule has 0 amide bonds. The Bertz CT molecular complexity index is 452. The van der Waals surface area contributed by atoms with Gasteiger partial charge in [0.2, 0.25) is 13.0 Å². The summed E-state index contributed by atoms with van der Waals surface area (Å²) in [6, 6.07) is 3.72. The van der Waals surface area contributed by atoms with Gasteiger partial charge in [-0.1, -0.05) is 6.07 Å². The minimum absolute atomic E-state index is 0.118. The van der Waals surface area contributed by atoms with Crippen LogP contribution in [0, 0.1) is 0 Å². The van der Waals surface area contributed by atoms with E-state index < -0.39 is 18.2 Å². The van der Waals surface area contributed by atoms with Crippen LogP contribution in [0.5, 0.6) is 11.5 Å². The van der Waals surface area contributed by atoms with Crippen LogP contribution in [0.2, 0.25) is 0 Å². The molecule has 2 N–H and O–H groups in total. The maximum Gasteiger partial charge on any atom is 0.342 e. The maximum absolute atomic E-state index is 13.7. The van der Waals surface area contributed by atoms with E-state index in [1.54, 1.807) is 25.1 Å². The Morgan fingerprint density at radius 2 is 2.22 bits per heavy atom. The van der Waals surface area contributed by atoms with Crippen LogP contribution in [-0.4, -0.2) is 25.5 Å². The summed E-state index contributed by atoms with van der Waals surface area (Å²) < 4.78 is 28.6. The Balaban J connectivity index is 2.13. The largest absolute Gasteiger partial charge is 0.464 e. The number of esters is 1. The van der Waals surface area contributed by atoms with E-state index in [1.807, 2.05) is 0 Å². The number of halogens is 1. The van der Waals surface area contributed by atoms with Gasteiger partial charge in [0.15, 0.2) is 11.5 Å². The van der Waals surface area contributed by atoms with Gasteiger partial charge < -0.3 is 19.9 Å². The second-order valence-corrected chi connectivity index (χ2v) is 3.79. The number of carbonyl (C=O) groups excluding carboxylic acids is 1. The van der Waals surface area contributed by atoms with Gasteiger partial charge in [-0.25, -0.2) is 9.18 Å². The smallest absolute Gasteiger partial charge is 0.342 e. The van der Waals surface area contributed by atoms with Crippen LogP contribution < -0.4 is 15.2 Å². The highest BCUT2D eigenvalue weighted by Crippen LogP contribution is 2.34. The van der Waals surface area contributed by atoms with Gasteiger partial charge in [0.1, 0.15) is 0 Å². The lowest BCUT2D eigenvalue weighted by atomic mass is 10.0. The number of rotatable bonds is 4. The molecule has 2 rings (SSSR count). The van der Waals surface area contributed by atoms with Gasteiger partial charge in [-0.2, -0.15) is 0 Å². The highest BCUT2D eigenvalue weighted by atomic mass is 19.1. The van der Waals surface area contributed by atoms with Crippen LogP contribution in [0.4, 0.5) is 4.39 Å². The molecule has 1 aromatic rings. The van der Waals surface area contributed by atoms with Gasteiger partial charge in [0.05, 0.1) is 12.6 Å². The monoisotopic (exact) mass is 255 g/mol. The molecule has 1 aromatic carbocycles. The molecular weight excluding hydrogens is 241 g/mol. The molecular formula is C12H14FNO4. The average Bonchev–Trinajstić information content (AvgIpc) is 2.84. The van der Waals surface area contributed by atoms with Crippen molar-refractivity contribution in [2.45, 2.75) is 19.1 Å². The summed E-state index contributed by atoms with van der Waals surface area (Å²) in [6.07, 6.45) is -1.90. The fourth-order valence-electron chi connectivity index (χ4n) is 1.66. The number of fused-ring (bicyclic) bond motifs is 1. The van der Waals surface area contributed by atoms with Gasteiger partial charge in [0.25, 0.3) is 0 Å². The van der Waals surface area contributed by atoms with Crippen LogP contribution in [0.3, 0.4) is 0 Å². The normalized spacial score (nSPS) is 16.2. The fraction of sp³-hybridized carbons (Fsp3) is 0.417. The molecule has 0 radical (unpaired) electrons. The van der Waals surface area contributed by atoms with E-state index in [-0.39, 0.29) is 13.4 Å². The summed E-state index contributed by atoms with van der Waals surface area (Å²) >= 11 is 0. The second kappa shape index (κ2) is 5.22. The summed E-state index contributed by atoms with van der Waals surface area (Å²) in [5, 5.41) is 0. The molecule has 98 valence electrons. The molecule has 1 aliphatic heterocycles. The second-order valence-electron chi connectivity index (χ2n) is 3.79. The van der Waals surface area contributed by atoms with Crippen LogP contribution in [0.15, 0.2) is 18.2 Å². The first kappa shape index (κ1) is 12.6. The van der Waals surface area contributed by atoms with E-state index in [4.69, 9.17) is 15.2 Å². The minimum Gasteiger partial charge on any atom is -0.464 e. The van der Waals surface area contributed by atoms with E-state index in [1.165, 1.54) is 0 Å². The fourth-order valence-corrected chi connectivity index (χ4v) is 1.66. The van der Waals surface area contributed by atoms with E-state index in [2.05, 4.69) is 4.74 Å². The van der Waals surface area contributed by atoms with Gasteiger partial charge in [-0.3, -0.25) is 0 Å². The molecule has 1 heterocycles. The zero-order chi connectivity index (χ0) is 13.1. The van der Waals surface area contributed by atoms with Gasteiger partial charge in [-0.05, 0) is 24.6 Å². The van der Waals surface area contributed by atoms with E-state index in [0.717, 1.165) is 0 Å². The van der Waals surface area contributed by atoms with Crippen LogP contribution in [0.1, 0.15) is 18.5 Å². The Morgan fingerprint density at radius 1 is 1.50 bits per heavy atom. The van der Waals surface area contributed by atoms with Crippen molar-refractivity contribution in [3.8, 4) is 11.5 Å². The zero-order valence-electron chi connectivity index (χ0n) is 9.89. The first-order valence-electron chi connectivity index (χ1n) is 5.59. The number of benzene rings is 1. The molecule has 5 nitrogen and oxygen atoms in total. The number of hydrogen-bond acceptors (Lipinski definition) is 5. The molecule has 1 aliphatic rings. The average molecular weight is 255 g/mol. The lowest BCUT2D eigenvalue weighted by Crippen LogP contribution is -2.31. The van der Waals surface area contributed by atoms with Crippen molar-refractivity contribution in [3.05, 3.63) is 23.8 Å². The van der Waals surface area contributed by atoms with Crippen LogP contribution in [0.25, 0.3) is 0 Å². The molecule has 0 bridgehead atoms. The van der Waals surface area contributed by atoms with Gasteiger partial charge in [-0.15, -0.1) is 0 Å². The lowest BCUT2D eigenvalue weighted by Gasteiger charge is -2.16. The molecule has 1 unspecified atom stereocenters. The Morgan fingerprint density at radius 3 is 2.94 bits per heavy atom. The first-order chi connectivity index (χ1) is 8.63. The Labute approximate surface area is 104 Å². The van der Waals surface area contributed by atoms with Gasteiger partial charge in [0, 0.05) is 0 Å². The lowest BCUT2D eigenvalue weighted by molar-refractivity contribution is -0.149. The van der Waals surface area contributed by atoms with E-state index >= 15 is 0 Å². The standard InChI is InChI=1S/C12H14FNO4/c1-2-16-12(15)10(13)11(14)7-3-4-8-9(5-7)18-6-17-8/h3-5,10-11H,2,6,14H2,1H3/t10?,11-/m0/s1. The SMILES string of the molecule is CCOC(=O)C(F)[C@@H](N)c1ccc2c(c1)OCO2. The summed E-state index contributed by atoms with van der Waals surface area (Å²) in [4.78, 5) is 11.3. The van der Waals surface area contributed by atoms with E-state index in [9.17, 15) is 9.18 Å². The predicted molar refractivity (Wildman–Crippen MR) is 61.0 cm³/mol. The van der Waals surface area contributed by atoms with Crippen molar-refractivity contribution in [3.63, 3.8) is 0 Å². The number of nitrogens with two attached hydrogens (primary N) is 1. The molecule has 6 heteroatoms. The topological polar surface area (TPSA) is 70.8 Å². The molecule has 0 fully saturated rings. The molecule has 2 atom stereocenters. The quantitative estimate of drug-likeness (QED) is 0.821. The Kier molecular flexibility index (Phi) is 3.66. The minimum atomic E-state index is -1.90. The molecule has 0 spiro atoms. The summed E-state index contributed by atoms with van der Waals surface area (Å²) in [5.74, 6) is 0.124. The third-order valence-corrected chi connectivity index (χ3v) is 2.61. The molecule has 0 aliphatic carbocycles. The first-order valence-corrected chi connectivity index (χ1v) is 5.59. The van der Waals surface area contributed by atoms with Crippen molar-refractivity contribution in [1.82, 2.24) is 0 Å². The summed E-state index contributed by atoms with van der Waals surface area (Å²) in [5.41, 5.74) is 6.15. The number of hydrogen-bond donors (Lipinski definition) is 1. The third-order valence-electron chi connectivity index (χ3n) is 2.61. The third kappa shape index (κ3) is 2.38.